The quantitative estimate of drug-likeness (QED) is 0.849. The minimum Gasteiger partial charge on any atom is -0.489 e. The lowest BCUT2D eigenvalue weighted by molar-refractivity contribution is -0.119. The molecule has 2 fully saturated rings. The molecule has 2 aliphatic rings. The molecule has 0 spiro atoms. The van der Waals surface area contributed by atoms with Crippen LogP contribution in [0.5, 0.6) is 5.75 Å². The van der Waals surface area contributed by atoms with E-state index in [9.17, 15) is 4.79 Å². The van der Waals surface area contributed by atoms with Crippen LogP contribution in [0.3, 0.4) is 0 Å². The van der Waals surface area contributed by atoms with Crippen LogP contribution in [-0.4, -0.2) is 18.1 Å². The molecule has 3 rings (SSSR count). The van der Waals surface area contributed by atoms with E-state index in [0.717, 1.165) is 32.1 Å². The minimum atomic E-state index is 0. The molecular formula is C17H24Cl2N2O2. The van der Waals surface area contributed by atoms with E-state index in [1.165, 1.54) is 12.8 Å². The number of carbonyl (C=O) groups excluding carboxylic acids is 1. The number of nitrogens with two attached hydrogens (primary N) is 1. The van der Waals surface area contributed by atoms with Crippen LogP contribution in [0.25, 0.3) is 0 Å². The highest BCUT2D eigenvalue weighted by molar-refractivity contribution is 6.32. The van der Waals surface area contributed by atoms with Crippen LogP contribution in [0.15, 0.2) is 18.2 Å². The summed E-state index contributed by atoms with van der Waals surface area (Å²) >= 11 is 6.28. The molecule has 0 bridgehead atoms. The first kappa shape index (κ1) is 18.4. The van der Waals surface area contributed by atoms with Crippen molar-refractivity contribution in [2.24, 2.45) is 11.7 Å². The molecule has 0 heterocycles. The zero-order valence-corrected chi connectivity index (χ0v) is 14.7. The average Bonchev–Trinajstić information content (AvgIpc) is 3.13. The Kier molecular flexibility index (Phi) is 6.57. The molecule has 2 saturated carbocycles. The van der Waals surface area contributed by atoms with Crippen LogP contribution in [0.4, 0.5) is 5.69 Å². The zero-order valence-electron chi connectivity index (χ0n) is 13.1. The van der Waals surface area contributed by atoms with Gasteiger partial charge in [0.15, 0.2) is 0 Å². The molecule has 1 amide bonds. The van der Waals surface area contributed by atoms with Crippen molar-refractivity contribution >= 4 is 35.6 Å². The molecule has 128 valence electrons. The summed E-state index contributed by atoms with van der Waals surface area (Å²) in [6.07, 6.45) is 7.46. The van der Waals surface area contributed by atoms with E-state index in [0.29, 0.717) is 16.5 Å². The second-order valence-corrected chi connectivity index (χ2v) is 6.84. The van der Waals surface area contributed by atoms with E-state index in [1.807, 2.05) is 12.1 Å². The minimum absolute atomic E-state index is 0. The third kappa shape index (κ3) is 4.75. The first-order valence-corrected chi connectivity index (χ1v) is 8.52. The van der Waals surface area contributed by atoms with E-state index in [4.69, 9.17) is 22.1 Å². The first-order valence-electron chi connectivity index (χ1n) is 8.14. The average molecular weight is 359 g/mol. The second-order valence-electron chi connectivity index (χ2n) is 6.43. The Morgan fingerprint density at radius 1 is 1.22 bits per heavy atom. The predicted octanol–water partition coefficient (Wildman–Crippen LogP) is 4.15. The third-order valence-electron chi connectivity index (χ3n) is 4.64. The molecule has 6 heteroatoms. The molecule has 4 nitrogen and oxygen atoms in total. The standard InChI is InChI=1S/C17H23ClN2O2.ClH/c18-15-10-13(20-17(21)11-5-6-12(19)9-11)7-8-16(15)22-14-3-1-2-4-14;/h7-8,10-12,14H,1-6,9,19H2,(H,20,21);1H. The number of amides is 1. The Morgan fingerprint density at radius 2 is 1.96 bits per heavy atom. The summed E-state index contributed by atoms with van der Waals surface area (Å²) in [5.41, 5.74) is 6.58. The van der Waals surface area contributed by atoms with Gasteiger partial charge < -0.3 is 15.8 Å². The summed E-state index contributed by atoms with van der Waals surface area (Å²) in [6, 6.07) is 5.61. The fraction of sp³-hybridized carbons (Fsp3) is 0.588. The lowest BCUT2D eigenvalue weighted by Gasteiger charge is -2.16. The van der Waals surface area contributed by atoms with Crippen molar-refractivity contribution in [3.63, 3.8) is 0 Å². The number of hydrogen-bond acceptors (Lipinski definition) is 3. The van der Waals surface area contributed by atoms with Gasteiger partial charge in [0.25, 0.3) is 0 Å². The smallest absolute Gasteiger partial charge is 0.227 e. The van der Waals surface area contributed by atoms with Gasteiger partial charge in [0.2, 0.25) is 5.91 Å². The molecule has 1 aromatic carbocycles. The maximum atomic E-state index is 12.2. The van der Waals surface area contributed by atoms with Gasteiger partial charge in [-0.15, -0.1) is 12.4 Å². The Balaban J connectivity index is 0.00000192. The van der Waals surface area contributed by atoms with Crippen molar-refractivity contribution in [1.82, 2.24) is 0 Å². The topological polar surface area (TPSA) is 64.4 Å². The Bertz CT molecular complexity index is 547. The van der Waals surface area contributed by atoms with Gasteiger partial charge in [0.05, 0.1) is 11.1 Å². The summed E-state index contributed by atoms with van der Waals surface area (Å²) < 4.78 is 5.92. The van der Waals surface area contributed by atoms with E-state index < -0.39 is 0 Å². The highest BCUT2D eigenvalue weighted by Crippen LogP contribution is 2.32. The van der Waals surface area contributed by atoms with E-state index >= 15 is 0 Å². The van der Waals surface area contributed by atoms with Crippen molar-refractivity contribution in [3.05, 3.63) is 23.2 Å². The molecule has 3 N–H and O–H groups in total. The van der Waals surface area contributed by atoms with Gasteiger partial charge in [0.1, 0.15) is 5.75 Å². The summed E-state index contributed by atoms with van der Waals surface area (Å²) in [5.74, 6) is 0.756. The Morgan fingerprint density at radius 3 is 2.57 bits per heavy atom. The largest absolute Gasteiger partial charge is 0.489 e. The Hall–Kier alpha value is -0.970. The number of anilines is 1. The Labute approximate surface area is 148 Å². The molecule has 0 radical (unpaired) electrons. The molecule has 0 aromatic heterocycles. The van der Waals surface area contributed by atoms with Crippen LogP contribution in [0.2, 0.25) is 5.02 Å². The highest BCUT2D eigenvalue weighted by Gasteiger charge is 2.27. The molecule has 2 aliphatic carbocycles. The lowest BCUT2D eigenvalue weighted by Crippen LogP contribution is -2.23. The van der Waals surface area contributed by atoms with Gasteiger partial charge in [-0.25, -0.2) is 0 Å². The number of benzene rings is 1. The monoisotopic (exact) mass is 358 g/mol. The van der Waals surface area contributed by atoms with Gasteiger partial charge in [-0.1, -0.05) is 11.6 Å². The number of rotatable bonds is 4. The number of ether oxygens (including phenoxy) is 1. The van der Waals surface area contributed by atoms with Crippen molar-refractivity contribution in [3.8, 4) is 5.75 Å². The maximum Gasteiger partial charge on any atom is 0.227 e. The van der Waals surface area contributed by atoms with Gasteiger partial charge in [-0.2, -0.15) is 0 Å². The van der Waals surface area contributed by atoms with Gasteiger partial charge in [0, 0.05) is 17.6 Å². The third-order valence-corrected chi connectivity index (χ3v) is 4.93. The van der Waals surface area contributed by atoms with Crippen molar-refractivity contribution in [1.29, 1.82) is 0 Å². The van der Waals surface area contributed by atoms with Crippen LogP contribution in [0.1, 0.15) is 44.9 Å². The normalized spacial score (nSPS) is 24.3. The number of hydrogen-bond donors (Lipinski definition) is 2. The second kappa shape index (κ2) is 8.22. The SMILES string of the molecule is Cl.NC1CCC(C(=O)Nc2ccc(OC3CCCC3)c(Cl)c2)C1. The first-order chi connectivity index (χ1) is 10.6. The summed E-state index contributed by atoms with van der Waals surface area (Å²) in [7, 11) is 0. The number of carbonyl (C=O) groups is 1. The fourth-order valence-electron chi connectivity index (χ4n) is 3.36. The fourth-order valence-corrected chi connectivity index (χ4v) is 3.58. The van der Waals surface area contributed by atoms with E-state index in [1.54, 1.807) is 6.07 Å². The lowest BCUT2D eigenvalue weighted by atomic mass is 10.1. The molecular weight excluding hydrogens is 335 g/mol. The van der Waals surface area contributed by atoms with Crippen LogP contribution >= 0.6 is 24.0 Å². The molecule has 0 saturated heterocycles. The van der Waals surface area contributed by atoms with Crippen LogP contribution < -0.4 is 15.8 Å². The van der Waals surface area contributed by atoms with Crippen molar-refractivity contribution < 1.29 is 9.53 Å². The molecule has 23 heavy (non-hydrogen) atoms. The van der Waals surface area contributed by atoms with Crippen LogP contribution in [-0.2, 0) is 4.79 Å². The molecule has 1 aromatic rings. The maximum absolute atomic E-state index is 12.2. The zero-order chi connectivity index (χ0) is 15.5. The summed E-state index contributed by atoms with van der Waals surface area (Å²) in [5, 5.41) is 3.48. The van der Waals surface area contributed by atoms with Gasteiger partial charge >= 0.3 is 0 Å². The van der Waals surface area contributed by atoms with Crippen molar-refractivity contribution in [2.45, 2.75) is 57.1 Å². The van der Waals surface area contributed by atoms with Gasteiger partial charge in [-0.3, -0.25) is 4.79 Å². The summed E-state index contributed by atoms with van der Waals surface area (Å²) in [6.45, 7) is 0. The van der Waals surface area contributed by atoms with Gasteiger partial charge in [-0.05, 0) is 63.1 Å². The molecule has 2 unspecified atom stereocenters. The molecule has 2 atom stereocenters. The predicted molar refractivity (Wildman–Crippen MR) is 95.5 cm³/mol. The van der Waals surface area contributed by atoms with E-state index in [2.05, 4.69) is 5.32 Å². The molecule has 0 aliphatic heterocycles. The van der Waals surface area contributed by atoms with Crippen LogP contribution in [0, 0.1) is 5.92 Å². The highest BCUT2D eigenvalue weighted by atomic mass is 35.5. The number of halogens is 2. The van der Waals surface area contributed by atoms with Crippen molar-refractivity contribution in [2.75, 3.05) is 5.32 Å². The number of nitrogens with one attached hydrogen (secondary N) is 1. The summed E-state index contributed by atoms with van der Waals surface area (Å²) in [4.78, 5) is 12.2. The van der Waals surface area contributed by atoms with E-state index in [-0.39, 0.29) is 36.4 Å².